The number of nitrogens with zero attached hydrogens (tertiary/aromatic N) is 1. The number of aromatic hydroxyl groups is 2. The van der Waals surface area contributed by atoms with Crippen molar-refractivity contribution < 1.29 is 10.2 Å². The molecule has 0 amide bonds. The number of para-hydroxylation sites is 1. The molecule has 1 aromatic heterocycles. The van der Waals surface area contributed by atoms with Gasteiger partial charge in [-0.1, -0.05) is 36.4 Å². The molecule has 0 aliphatic rings. The maximum atomic E-state index is 12.3. The number of hydrogen-bond donors (Lipinski definition) is 4. The zero-order valence-electron chi connectivity index (χ0n) is 18.2. The van der Waals surface area contributed by atoms with Gasteiger partial charge in [-0.05, 0) is 55.0 Å². The number of pyridine rings is 1. The zero-order chi connectivity index (χ0) is 23.8. The lowest BCUT2D eigenvalue weighted by Crippen LogP contribution is -2.37. The van der Waals surface area contributed by atoms with Crippen LogP contribution >= 0.6 is 0 Å². The van der Waals surface area contributed by atoms with Gasteiger partial charge in [0.1, 0.15) is 22.9 Å². The summed E-state index contributed by atoms with van der Waals surface area (Å²) < 4.78 is 0. The van der Waals surface area contributed by atoms with E-state index < -0.39 is 10.9 Å². The van der Waals surface area contributed by atoms with Gasteiger partial charge in [0.25, 0.3) is 10.9 Å². The molecule has 5 aromatic rings. The Morgan fingerprint density at radius 2 is 1.62 bits per heavy atom. The highest BCUT2D eigenvalue weighted by Crippen LogP contribution is 2.33. The van der Waals surface area contributed by atoms with Gasteiger partial charge in [-0.2, -0.15) is 0 Å². The molecule has 7 nitrogen and oxygen atoms in total. The fourth-order valence-electron chi connectivity index (χ4n) is 3.92. The predicted octanol–water partition coefficient (Wildman–Crippen LogP) is 4.83. The molecule has 0 unspecified atom stereocenters. The molecule has 5 rings (SSSR count). The van der Waals surface area contributed by atoms with E-state index in [1.807, 2.05) is 49.4 Å². The minimum Gasteiger partial charge on any atom is -0.508 e. The third-order valence-corrected chi connectivity index (χ3v) is 5.78. The Hall–Kier alpha value is -4.65. The highest BCUT2D eigenvalue weighted by Gasteiger charge is 2.23. The van der Waals surface area contributed by atoms with Gasteiger partial charge in [0.05, 0.1) is 11.2 Å². The lowest BCUT2D eigenvalue weighted by atomic mass is 10.1. The average Bonchev–Trinajstić information content (AvgIpc) is 2.86. The summed E-state index contributed by atoms with van der Waals surface area (Å²) in [5, 5.41) is 27.2. The SMILES string of the molecule is C[C@H](Nc1c(Nc2ccc(O)c(-c3ccc4ccccc4n3)c2)c(=O)c1=O)c1cccc(O)c1. The Kier molecular flexibility index (Phi) is 5.22. The van der Waals surface area contributed by atoms with E-state index in [0.717, 1.165) is 16.5 Å². The molecule has 4 N–H and O–H groups in total. The standard InChI is InChI=1S/C27H21N3O4/c1-15(17-6-4-7-19(31)13-17)28-24-25(27(34)26(24)33)29-18-10-12-23(32)20(14-18)22-11-9-16-5-2-3-8-21(16)30-22/h2-15,28-29,31-32H,1H3/t15-/m0/s1. The number of benzene rings is 3. The second-order valence-corrected chi connectivity index (χ2v) is 8.12. The Morgan fingerprint density at radius 3 is 2.44 bits per heavy atom. The zero-order valence-corrected chi connectivity index (χ0v) is 18.2. The highest BCUT2D eigenvalue weighted by molar-refractivity contribution is 5.84. The minimum absolute atomic E-state index is 0.0502. The molecule has 168 valence electrons. The van der Waals surface area contributed by atoms with E-state index in [9.17, 15) is 19.8 Å². The molecule has 0 aliphatic carbocycles. The number of anilines is 3. The third-order valence-electron chi connectivity index (χ3n) is 5.78. The quantitative estimate of drug-likeness (QED) is 0.216. The molecule has 0 saturated heterocycles. The number of aromatic nitrogens is 1. The summed E-state index contributed by atoms with van der Waals surface area (Å²) in [4.78, 5) is 29.2. The number of rotatable bonds is 6. The molecule has 7 heteroatoms. The number of hydrogen-bond acceptors (Lipinski definition) is 7. The molecule has 0 spiro atoms. The van der Waals surface area contributed by atoms with Gasteiger partial charge in [-0.25, -0.2) is 4.98 Å². The summed E-state index contributed by atoms with van der Waals surface area (Å²) in [6.45, 7) is 1.83. The van der Waals surface area contributed by atoms with Crippen molar-refractivity contribution in [2.45, 2.75) is 13.0 Å². The van der Waals surface area contributed by atoms with Gasteiger partial charge in [0.15, 0.2) is 0 Å². The van der Waals surface area contributed by atoms with Crippen LogP contribution in [0.4, 0.5) is 17.1 Å². The van der Waals surface area contributed by atoms with Crippen LogP contribution in [0.15, 0.2) is 88.5 Å². The lowest BCUT2D eigenvalue weighted by molar-refractivity contribution is 0.474. The van der Waals surface area contributed by atoms with Gasteiger partial charge in [0, 0.05) is 22.7 Å². The maximum Gasteiger partial charge on any atom is 0.253 e. The van der Waals surface area contributed by atoms with Gasteiger partial charge in [-0.15, -0.1) is 0 Å². The molecule has 0 fully saturated rings. The van der Waals surface area contributed by atoms with E-state index >= 15 is 0 Å². The van der Waals surface area contributed by atoms with Crippen LogP contribution in [-0.4, -0.2) is 15.2 Å². The van der Waals surface area contributed by atoms with E-state index in [0.29, 0.717) is 16.9 Å². The number of fused-ring (bicyclic) bond motifs is 1. The van der Waals surface area contributed by atoms with Gasteiger partial charge >= 0.3 is 0 Å². The van der Waals surface area contributed by atoms with Crippen molar-refractivity contribution in [3.05, 3.63) is 105 Å². The van der Waals surface area contributed by atoms with Crippen molar-refractivity contribution in [3.8, 4) is 22.8 Å². The van der Waals surface area contributed by atoms with E-state index in [1.165, 1.54) is 6.07 Å². The molecular weight excluding hydrogens is 430 g/mol. The normalized spacial score (nSPS) is 12.0. The van der Waals surface area contributed by atoms with E-state index in [4.69, 9.17) is 0 Å². The van der Waals surface area contributed by atoms with Crippen molar-refractivity contribution >= 4 is 28.0 Å². The number of nitrogens with one attached hydrogen (secondary N) is 2. The predicted molar refractivity (Wildman–Crippen MR) is 134 cm³/mol. The van der Waals surface area contributed by atoms with Crippen molar-refractivity contribution in [2.24, 2.45) is 0 Å². The first-order valence-corrected chi connectivity index (χ1v) is 10.8. The van der Waals surface area contributed by atoms with Crippen LogP contribution in [0.5, 0.6) is 11.5 Å². The molecule has 1 heterocycles. The van der Waals surface area contributed by atoms with Crippen LogP contribution in [0.3, 0.4) is 0 Å². The topological polar surface area (TPSA) is 112 Å². The monoisotopic (exact) mass is 451 g/mol. The summed E-state index contributed by atoms with van der Waals surface area (Å²) in [5.41, 5.74) is 2.29. The fraction of sp³-hybridized carbons (Fsp3) is 0.0741. The van der Waals surface area contributed by atoms with Crippen LogP contribution in [0, 0.1) is 0 Å². The Bertz CT molecular complexity index is 1600. The molecular formula is C27H21N3O4. The summed E-state index contributed by atoms with van der Waals surface area (Å²) >= 11 is 0. The van der Waals surface area contributed by atoms with Crippen molar-refractivity contribution in [3.63, 3.8) is 0 Å². The summed E-state index contributed by atoms with van der Waals surface area (Å²) in [7, 11) is 0. The second-order valence-electron chi connectivity index (χ2n) is 8.12. The first-order valence-electron chi connectivity index (χ1n) is 10.8. The van der Waals surface area contributed by atoms with Crippen molar-refractivity contribution in [2.75, 3.05) is 10.6 Å². The van der Waals surface area contributed by atoms with Crippen LogP contribution in [0.25, 0.3) is 22.2 Å². The maximum absolute atomic E-state index is 12.3. The Balaban J connectivity index is 1.44. The lowest BCUT2D eigenvalue weighted by Gasteiger charge is -2.20. The molecule has 1 atom stereocenters. The van der Waals surface area contributed by atoms with Gasteiger partial charge in [-0.3, -0.25) is 9.59 Å². The highest BCUT2D eigenvalue weighted by atomic mass is 16.3. The van der Waals surface area contributed by atoms with Crippen molar-refractivity contribution in [1.82, 2.24) is 4.98 Å². The Morgan fingerprint density at radius 1 is 0.824 bits per heavy atom. The van der Waals surface area contributed by atoms with Crippen LogP contribution in [-0.2, 0) is 0 Å². The molecule has 0 saturated carbocycles. The second kappa shape index (κ2) is 8.37. The van der Waals surface area contributed by atoms with E-state index in [-0.39, 0.29) is 28.9 Å². The van der Waals surface area contributed by atoms with Crippen LogP contribution in [0.2, 0.25) is 0 Å². The average molecular weight is 451 g/mol. The van der Waals surface area contributed by atoms with Crippen LogP contribution < -0.4 is 21.5 Å². The molecule has 0 bridgehead atoms. The summed E-state index contributed by atoms with van der Waals surface area (Å²) in [5.74, 6) is 0.169. The van der Waals surface area contributed by atoms with Gasteiger partial charge < -0.3 is 20.8 Å². The van der Waals surface area contributed by atoms with Crippen LogP contribution in [0.1, 0.15) is 18.5 Å². The van der Waals surface area contributed by atoms with Crippen molar-refractivity contribution in [1.29, 1.82) is 0 Å². The smallest absolute Gasteiger partial charge is 0.253 e. The van der Waals surface area contributed by atoms with Gasteiger partial charge in [0.2, 0.25) is 0 Å². The molecule has 4 aromatic carbocycles. The first kappa shape index (κ1) is 21.2. The molecule has 0 aliphatic heterocycles. The first-order chi connectivity index (χ1) is 16.4. The largest absolute Gasteiger partial charge is 0.508 e. The minimum atomic E-state index is -0.621. The third kappa shape index (κ3) is 3.84. The molecule has 34 heavy (non-hydrogen) atoms. The summed E-state index contributed by atoms with van der Waals surface area (Å²) in [6.07, 6.45) is 0. The summed E-state index contributed by atoms with van der Waals surface area (Å²) in [6, 6.07) is 22.6. The molecule has 0 radical (unpaired) electrons. The van der Waals surface area contributed by atoms with E-state index in [1.54, 1.807) is 30.3 Å². The number of phenolic OH excluding ortho intramolecular Hbond substituents is 2. The fourth-order valence-corrected chi connectivity index (χ4v) is 3.92. The number of phenols is 2. The Labute approximate surface area is 194 Å². The van der Waals surface area contributed by atoms with E-state index in [2.05, 4.69) is 15.6 Å².